The average molecular weight is 291 g/mol. The maximum Gasteiger partial charge on any atom is 0.123 e. The van der Waals surface area contributed by atoms with Crippen LogP contribution < -0.4 is 15.2 Å². The minimum absolute atomic E-state index is 0.0311. The van der Waals surface area contributed by atoms with E-state index in [-0.39, 0.29) is 11.6 Å². The molecule has 2 fully saturated rings. The molecule has 4 heteroatoms. The molecule has 1 saturated carbocycles. The average Bonchev–Trinajstić information content (AvgIpc) is 2.52. The van der Waals surface area contributed by atoms with Crippen LogP contribution in [0, 0.1) is 5.92 Å². The summed E-state index contributed by atoms with van der Waals surface area (Å²) in [5.41, 5.74) is 7.74. The second-order valence-electron chi connectivity index (χ2n) is 6.27. The van der Waals surface area contributed by atoms with Crippen molar-refractivity contribution in [2.24, 2.45) is 11.7 Å². The molecule has 1 saturated heterocycles. The predicted molar refractivity (Wildman–Crippen MR) is 81.7 cm³/mol. The Morgan fingerprint density at radius 2 is 2.10 bits per heavy atom. The first-order chi connectivity index (χ1) is 10.2. The van der Waals surface area contributed by atoms with Crippen molar-refractivity contribution in [1.29, 1.82) is 0 Å². The fourth-order valence-electron chi connectivity index (χ4n) is 3.65. The van der Waals surface area contributed by atoms with Gasteiger partial charge in [-0.3, -0.25) is 0 Å². The Morgan fingerprint density at radius 3 is 2.71 bits per heavy atom. The molecule has 2 N–H and O–H groups in total. The SMILES string of the molecule is COc1ccc(OC)c(C(N)C2CCOC3(CCC3)C2)c1. The van der Waals surface area contributed by atoms with Crippen LogP contribution in [-0.2, 0) is 4.74 Å². The van der Waals surface area contributed by atoms with Crippen molar-refractivity contribution in [3.63, 3.8) is 0 Å². The van der Waals surface area contributed by atoms with Crippen LogP contribution in [0.3, 0.4) is 0 Å². The van der Waals surface area contributed by atoms with Crippen LogP contribution in [0.25, 0.3) is 0 Å². The highest BCUT2D eigenvalue weighted by molar-refractivity contribution is 5.42. The monoisotopic (exact) mass is 291 g/mol. The van der Waals surface area contributed by atoms with Gasteiger partial charge in [0.2, 0.25) is 0 Å². The molecule has 1 aliphatic carbocycles. The second kappa shape index (κ2) is 5.85. The third-order valence-corrected chi connectivity index (χ3v) is 5.10. The maximum absolute atomic E-state index is 6.58. The van der Waals surface area contributed by atoms with E-state index >= 15 is 0 Å². The summed E-state index contributed by atoms with van der Waals surface area (Å²) in [6.45, 7) is 0.824. The molecule has 0 aromatic heterocycles. The molecule has 0 bridgehead atoms. The van der Waals surface area contributed by atoms with Crippen LogP contribution in [0.15, 0.2) is 18.2 Å². The van der Waals surface area contributed by atoms with Crippen LogP contribution in [0.2, 0.25) is 0 Å². The molecule has 2 unspecified atom stereocenters. The van der Waals surface area contributed by atoms with E-state index in [0.717, 1.165) is 36.5 Å². The zero-order valence-electron chi connectivity index (χ0n) is 12.9. The van der Waals surface area contributed by atoms with Crippen molar-refractivity contribution >= 4 is 0 Å². The summed E-state index contributed by atoms with van der Waals surface area (Å²) >= 11 is 0. The van der Waals surface area contributed by atoms with Crippen molar-refractivity contribution in [2.45, 2.75) is 43.7 Å². The molecule has 2 atom stereocenters. The normalized spacial score (nSPS) is 25.2. The van der Waals surface area contributed by atoms with E-state index in [9.17, 15) is 0 Å². The van der Waals surface area contributed by atoms with Crippen molar-refractivity contribution in [3.05, 3.63) is 23.8 Å². The number of hydrogen-bond acceptors (Lipinski definition) is 4. The first kappa shape index (κ1) is 14.7. The summed E-state index contributed by atoms with van der Waals surface area (Å²) in [6.07, 6.45) is 5.74. The summed E-state index contributed by atoms with van der Waals surface area (Å²) < 4.78 is 16.8. The lowest BCUT2D eigenvalue weighted by atomic mass is 9.70. The lowest BCUT2D eigenvalue weighted by Crippen LogP contribution is -2.47. The molecular weight excluding hydrogens is 266 g/mol. The lowest BCUT2D eigenvalue weighted by Gasteiger charge is -2.48. The minimum atomic E-state index is -0.0311. The molecular formula is C17H25NO3. The molecule has 2 aliphatic rings. The van der Waals surface area contributed by atoms with Gasteiger partial charge in [0.15, 0.2) is 0 Å². The highest BCUT2D eigenvalue weighted by atomic mass is 16.5. The van der Waals surface area contributed by atoms with Gasteiger partial charge in [-0.25, -0.2) is 0 Å². The van der Waals surface area contributed by atoms with Gasteiger partial charge in [0.05, 0.1) is 19.8 Å². The number of nitrogens with two attached hydrogens (primary N) is 1. The Morgan fingerprint density at radius 1 is 1.29 bits per heavy atom. The number of rotatable bonds is 4. The van der Waals surface area contributed by atoms with Gasteiger partial charge in [0, 0.05) is 18.2 Å². The summed E-state index contributed by atoms with van der Waals surface area (Å²) in [7, 11) is 3.37. The van der Waals surface area contributed by atoms with Crippen LogP contribution in [-0.4, -0.2) is 26.4 Å². The van der Waals surface area contributed by atoms with E-state index in [1.807, 2.05) is 18.2 Å². The van der Waals surface area contributed by atoms with Gasteiger partial charge in [-0.1, -0.05) is 0 Å². The topological polar surface area (TPSA) is 53.7 Å². The zero-order chi connectivity index (χ0) is 14.9. The molecule has 3 rings (SSSR count). The number of ether oxygens (including phenoxy) is 3. The molecule has 1 aliphatic heterocycles. The van der Waals surface area contributed by atoms with E-state index in [1.54, 1.807) is 14.2 Å². The number of hydrogen-bond donors (Lipinski definition) is 1. The number of benzene rings is 1. The molecule has 1 spiro atoms. The first-order valence-electron chi connectivity index (χ1n) is 7.79. The Labute approximate surface area is 126 Å². The standard InChI is InChI=1S/C17H25NO3/c1-19-13-4-5-15(20-2)14(10-13)16(18)12-6-9-21-17(11-12)7-3-8-17/h4-5,10,12,16H,3,6-9,11,18H2,1-2H3. The van der Waals surface area contributed by atoms with E-state index in [4.69, 9.17) is 19.9 Å². The van der Waals surface area contributed by atoms with Gasteiger partial charge in [0.1, 0.15) is 11.5 Å². The van der Waals surface area contributed by atoms with Gasteiger partial charge < -0.3 is 19.9 Å². The van der Waals surface area contributed by atoms with Gasteiger partial charge in [-0.05, 0) is 56.2 Å². The maximum atomic E-state index is 6.58. The quantitative estimate of drug-likeness (QED) is 0.926. The van der Waals surface area contributed by atoms with Crippen molar-refractivity contribution in [3.8, 4) is 11.5 Å². The largest absolute Gasteiger partial charge is 0.497 e. The van der Waals surface area contributed by atoms with E-state index in [2.05, 4.69) is 0 Å². The summed E-state index contributed by atoms with van der Waals surface area (Å²) in [5, 5.41) is 0. The fraction of sp³-hybridized carbons (Fsp3) is 0.647. The predicted octanol–water partition coefficient (Wildman–Crippen LogP) is 3.05. The van der Waals surface area contributed by atoms with Crippen LogP contribution in [0.1, 0.15) is 43.7 Å². The van der Waals surface area contributed by atoms with Gasteiger partial charge in [0.25, 0.3) is 0 Å². The molecule has 4 nitrogen and oxygen atoms in total. The fourth-order valence-corrected chi connectivity index (χ4v) is 3.65. The molecule has 1 aromatic carbocycles. The third-order valence-electron chi connectivity index (χ3n) is 5.10. The minimum Gasteiger partial charge on any atom is -0.497 e. The van der Waals surface area contributed by atoms with Crippen molar-refractivity contribution < 1.29 is 14.2 Å². The smallest absolute Gasteiger partial charge is 0.123 e. The number of methoxy groups -OCH3 is 2. The van der Waals surface area contributed by atoms with Gasteiger partial charge >= 0.3 is 0 Å². The van der Waals surface area contributed by atoms with E-state index < -0.39 is 0 Å². The first-order valence-corrected chi connectivity index (χ1v) is 7.79. The van der Waals surface area contributed by atoms with Gasteiger partial charge in [-0.2, -0.15) is 0 Å². The third kappa shape index (κ3) is 2.74. The van der Waals surface area contributed by atoms with Crippen LogP contribution in [0.4, 0.5) is 0 Å². The Balaban J connectivity index is 1.81. The van der Waals surface area contributed by atoms with E-state index in [1.165, 1.54) is 19.3 Å². The van der Waals surface area contributed by atoms with Gasteiger partial charge in [-0.15, -0.1) is 0 Å². The molecule has 116 valence electrons. The molecule has 1 heterocycles. The van der Waals surface area contributed by atoms with E-state index in [0.29, 0.717) is 5.92 Å². The van der Waals surface area contributed by atoms with Crippen molar-refractivity contribution in [2.75, 3.05) is 20.8 Å². The summed E-state index contributed by atoms with van der Waals surface area (Å²) in [5.74, 6) is 2.11. The van der Waals surface area contributed by atoms with Crippen molar-refractivity contribution in [1.82, 2.24) is 0 Å². The Kier molecular flexibility index (Phi) is 4.09. The molecule has 0 amide bonds. The summed E-state index contributed by atoms with van der Waals surface area (Å²) in [6, 6.07) is 5.82. The van der Waals surface area contributed by atoms with Crippen LogP contribution >= 0.6 is 0 Å². The highest BCUT2D eigenvalue weighted by Crippen LogP contribution is 2.47. The second-order valence-corrected chi connectivity index (χ2v) is 6.27. The zero-order valence-corrected chi connectivity index (χ0v) is 12.9. The Hall–Kier alpha value is -1.26. The lowest BCUT2D eigenvalue weighted by molar-refractivity contribution is -0.146. The molecule has 0 radical (unpaired) electrons. The molecule has 21 heavy (non-hydrogen) atoms. The van der Waals surface area contributed by atoms with Crippen LogP contribution in [0.5, 0.6) is 11.5 Å². The highest BCUT2D eigenvalue weighted by Gasteiger charge is 2.44. The molecule has 1 aromatic rings. The Bertz CT molecular complexity index is 499. The summed E-state index contributed by atoms with van der Waals surface area (Å²) in [4.78, 5) is 0.